The first-order chi connectivity index (χ1) is 4.21. The summed E-state index contributed by atoms with van der Waals surface area (Å²) in [4.78, 5) is 18.9. The molecule has 2 bridgehead atoms. The van der Waals surface area contributed by atoms with Crippen LogP contribution in [0.25, 0.3) is 0 Å². The van der Waals surface area contributed by atoms with Crippen LogP contribution in [0.15, 0.2) is 0 Å². The minimum absolute atomic E-state index is 0.167. The molecule has 4 nitrogen and oxygen atoms in total. The van der Waals surface area contributed by atoms with Crippen molar-refractivity contribution in [3.05, 3.63) is 0 Å². The highest BCUT2D eigenvalue weighted by atomic mass is 17.4. The highest BCUT2D eigenvalue weighted by Gasteiger charge is 2.56. The normalized spacial score (nSPS) is 46.0. The summed E-state index contributed by atoms with van der Waals surface area (Å²) in [5.41, 5.74) is -0.167. The summed E-state index contributed by atoms with van der Waals surface area (Å²) in [7, 11) is 0. The molecule has 0 unspecified atom stereocenters. The van der Waals surface area contributed by atoms with Crippen LogP contribution in [0.1, 0.15) is 13.8 Å². The summed E-state index contributed by atoms with van der Waals surface area (Å²) in [6.07, 6.45) is -0.718. The second kappa shape index (κ2) is 1.46. The van der Waals surface area contributed by atoms with E-state index in [1.54, 1.807) is 0 Å². The van der Waals surface area contributed by atoms with Crippen molar-refractivity contribution in [2.24, 2.45) is 5.41 Å². The van der Waals surface area contributed by atoms with Gasteiger partial charge in [0.05, 0.1) is 5.41 Å². The number of hydrogen-bond donors (Lipinski definition) is 0. The van der Waals surface area contributed by atoms with Crippen molar-refractivity contribution in [3.63, 3.8) is 0 Å². The van der Waals surface area contributed by atoms with Crippen LogP contribution in [0.4, 0.5) is 0 Å². The molecule has 0 aliphatic carbocycles. The van der Waals surface area contributed by atoms with Crippen LogP contribution in [0.3, 0.4) is 0 Å². The molecule has 52 valence electrons. The molecule has 0 aromatic rings. The lowest BCUT2D eigenvalue weighted by atomic mass is 9.94. The Morgan fingerprint density at radius 2 is 1.22 bits per heavy atom. The van der Waals surface area contributed by atoms with Gasteiger partial charge in [0.1, 0.15) is 0 Å². The van der Waals surface area contributed by atoms with Crippen LogP contribution in [-0.2, 0) is 19.6 Å². The van der Waals surface area contributed by atoms with Gasteiger partial charge in [-0.05, 0) is 13.8 Å². The molecule has 2 fully saturated rings. The molecule has 9 heavy (non-hydrogen) atoms. The third kappa shape index (κ3) is 0.561. The van der Waals surface area contributed by atoms with E-state index in [4.69, 9.17) is 19.6 Å². The standard InChI is InChI=1S/C5H8O4/c1-5(2)3-6-8-4(5)9-7-3/h3-4H,1-2H3. The van der Waals surface area contributed by atoms with Gasteiger partial charge in [-0.3, -0.25) is 0 Å². The Balaban J connectivity index is 2.26. The van der Waals surface area contributed by atoms with Crippen molar-refractivity contribution in [1.82, 2.24) is 0 Å². The van der Waals surface area contributed by atoms with E-state index < -0.39 is 0 Å². The Morgan fingerprint density at radius 1 is 0.889 bits per heavy atom. The molecule has 0 atom stereocenters. The lowest BCUT2D eigenvalue weighted by Crippen LogP contribution is -2.25. The number of fused-ring (bicyclic) bond motifs is 2. The van der Waals surface area contributed by atoms with Crippen LogP contribution in [-0.4, -0.2) is 12.6 Å². The monoisotopic (exact) mass is 132 g/mol. The Morgan fingerprint density at radius 3 is 1.33 bits per heavy atom. The molecular formula is C5H8O4. The van der Waals surface area contributed by atoms with Crippen molar-refractivity contribution in [1.29, 1.82) is 0 Å². The minimum atomic E-state index is -0.359. The summed E-state index contributed by atoms with van der Waals surface area (Å²) in [6.45, 7) is 3.92. The molecule has 0 amide bonds. The van der Waals surface area contributed by atoms with Crippen molar-refractivity contribution in [2.45, 2.75) is 26.4 Å². The largest absolute Gasteiger partial charge is 0.234 e. The van der Waals surface area contributed by atoms with E-state index in [1.807, 2.05) is 13.8 Å². The highest BCUT2D eigenvalue weighted by molar-refractivity contribution is 4.81. The first-order valence-electron chi connectivity index (χ1n) is 2.85. The molecule has 4 heteroatoms. The van der Waals surface area contributed by atoms with Gasteiger partial charge >= 0.3 is 0 Å². The van der Waals surface area contributed by atoms with Crippen LogP contribution < -0.4 is 0 Å². The molecule has 0 aromatic carbocycles. The first-order valence-corrected chi connectivity index (χ1v) is 2.85. The van der Waals surface area contributed by atoms with E-state index in [0.717, 1.165) is 0 Å². The third-order valence-electron chi connectivity index (χ3n) is 1.68. The van der Waals surface area contributed by atoms with Gasteiger partial charge < -0.3 is 0 Å². The lowest BCUT2D eigenvalue weighted by molar-refractivity contribution is -0.528. The van der Waals surface area contributed by atoms with Crippen LogP contribution in [0.5, 0.6) is 0 Å². The van der Waals surface area contributed by atoms with Crippen LogP contribution >= 0.6 is 0 Å². The van der Waals surface area contributed by atoms with Gasteiger partial charge in [0.25, 0.3) is 0 Å². The second-order valence-electron chi connectivity index (χ2n) is 2.87. The summed E-state index contributed by atoms with van der Waals surface area (Å²) in [5.74, 6) is 0. The fourth-order valence-corrected chi connectivity index (χ4v) is 0.841. The van der Waals surface area contributed by atoms with E-state index in [0.29, 0.717) is 0 Å². The summed E-state index contributed by atoms with van der Waals surface area (Å²) < 4.78 is 0. The van der Waals surface area contributed by atoms with Crippen LogP contribution in [0, 0.1) is 5.41 Å². The fourth-order valence-electron chi connectivity index (χ4n) is 0.841. The Labute approximate surface area is 52.5 Å². The smallest absolute Gasteiger partial charge is 0.198 e. The van der Waals surface area contributed by atoms with Crippen molar-refractivity contribution in [3.8, 4) is 0 Å². The maximum absolute atomic E-state index is 4.72. The van der Waals surface area contributed by atoms with Gasteiger partial charge in [-0.15, -0.1) is 0 Å². The van der Waals surface area contributed by atoms with Crippen LogP contribution in [0.2, 0.25) is 0 Å². The average molecular weight is 132 g/mol. The third-order valence-corrected chi connectivity index (χ3v) is 1.68. The van der Waals surface area contributed by atoms with E-state index in [-0.39, 0.29) is 18.0 Å². The Hall–Kier alpha value is -0.160. The lowest BCUT2D eigenvalue weighted by Gasteiger charge is -2.10. The molecule has 2 rings (SSSR count). The molecule has 0 N–H and O–H groups in total. The van der Waals surface area contributed by atoms with E-state index in [1.165, 1.54) is 0 Å². The minimum Gasteiger partial charge on any atom is -0.198 e. The van der Waals surface area contributed by atoms with Gasteiger partial charge in [0, 0.05) is 0 Å². The Kier molecular flexibility index (Phi) is 0.912. The summed E-state index contributed by atoms with van der Waals surface area (Å²) in [5, 5.41) is 0. The van der Waals surface area contributed by atoms with Crippen molar-refractivity contribution >= 4 is 0 Å². The van der Waals surface area contributed by atoms with E-state index >= 15 is 0 Å². The molecular weight excluding hydrogens is 124 g/mol. The quantitative estimate of drug-likeness (QED) is 0.452. The predicted octanol–water partition coefficient (Wildman–Crippen LogP) is 0.588. The molecule has 0 radical (unpaired) electrons. The van der Waals surface area contributed by atoms with E-state index in [9.17, 15) is 0 Å². The molecule has 2 heterocycles. The zero-order valence-electron chi connectivity index (χ0n) is 5.29. The maximum Gasteiger partial charge on any atom is 0.234 e. The molecule has 0 aromatic heterocycles. The average Bonchev–Trinajstić information content (AvgIpc) is 2.24. The first kappa shape index (κ1) is 5.61. The predicted molar refractivity (Wildman–Crippen MR) is 25.7 cm³/mol. The van der Waals surface area contributed by atoms with Crippen molar-refractivity contribution in [2.75, 3.05) is 0 Å². The molecule has 2 aliphatic heterocycles. The van der Waals surface area contributed by atoms with Gasteiger partial charge in [0.15, 0.2) is 0 Å². The molecule has 2 saturated heterocycles. The fraction of sp³-hybridized carbons (Fsp3) is 1.00. The topological polar surface area (TPSA) is 36.9 Å². The van der Waals surface area contributed by atoms with Gasteiger partial charge in [-0.25, -0.2) is 0 Å². The maximum atomic E-state index is 4.72. The molecule has 0 spiro atoms. The van der Waals surface area contributed by atoms with Gasteiger partial charge in [-0.1, -0.05) is 0 Å². The second-order valence-corrected chi connectivity index (χ2v) is 2.87. The number of rotatable bonds is 0. The highest BCUT2D eigenvalue weighted by Crippen LogP contribution is 2.43. The zero-order chi connectivity index (χ0) is 6.48. The summed E-state index contributed by atoms with van der Waals surface area (Å²) >= 11 is 0. The molecule has 2 aliphatic rings. The number of hydrogen-bond acceptors (Lipinski definition) is 4. The van der Waals surface area contributed by atoms with E-state index in [2.05, 4.69) is 0 Å². The van der Waals surface area contributed by atoms with Crippen molar-refractivity contribution < 1.29 is 19.6 Å². The van der Waals surface area contributed by atoms with Gasteiger partial charge in [0.2, 0.25) is 12.6 Å². The van der Waals surface area contributed by atoms with Gasteiger partial charge in [-0.2, -0.15) is 19.6 Å². The zero-order valence-corrected chi connectivity index (χ0v) is 5.29. The SMILES string of the molecule is CC1(C)C2OOC1OO2. The summed E-state index contributed by atoms with van der Waals surface area (Å²) in [6, 6.07) is 0. The molecule has 0 saturated carbocycles. The Bertz CT molecular complexity index is 111.